The van der Waals surface area contributed by atoms with Crippen molar-refractivity contribution in [2.75, 3.05) is 13.1 Å². The van der Waals surface area contributed by atoms with Gasteiger partial charge in [0.1, 0.15) is 0 Å². The van der Waals surface area contributed by atoms with Gasteiger partial charge in [-0.05, 0) is 32.8 Å². The molecule has 1 saturated heterocycles. The number of hydrogen-bond donors (Lipinski definition) is 1. The van der Waals surface area contributed by atoms with Crippen molar-refractivity contribution < 1.29 is 4.79 Å². The number of hydrogen-bond acceptors (Lipinski definition) is 2. The zero-order valence-corrected chi connectivity index (χ0v) is 11.4. The zero-order chi connectivity index (χ0) is 13.2. The van der Waals surface area contributed by atoms with E-state index in [9.17, 15) is 4.79 Å². The first-order valence-electron chi connectivity index (χ1n) is 6.61. The molecule has 0 spiro atoms. The summed E-state index contributed by atoms with van der Waals surface area (Å²) in [4.78, 5) is 14.3. The third-order valence-corrected chi connectivity index (χ3v) is 3.65. The van der Waals surface area contributed by atoms with Crippen molar-refractivity contribution in [2.45, 2.75) is 38.8 Å². The first-order valence-corrected chi connectivity index (χ1v) is 6.61. The van der Waals surface area contributed by atoms with Crippen molar-refractivity contribution in [3.8, 4) is 0 Å². The summed E-state index contributed by atoms with van der Waals surface area (Å²) in [6.45, 7) is 7.68. The molecule has 98 valence electrons. The second-order valence-corrected chi connectivity index (χ2v) is 5.59. The van der Waals surface area contributed by atoms with Crippen LogP contribution in [0.3, 0.4) is 0 Å². The number of amides is 1. The first-order chi connectivity index (χ1) is 8.50. The minimum absolute atomic E-state index is 0.206. The molecule has 1 atom stereocenters. The molecule has 2 rings (SSSR count). The highest BCUT2D eigenvalue weighted by molar-refractivity contribution is 5.86. The molecule has 3 nitrogen and oxygen atoms in total. The van der Waals surface area contributed by atoms with Crippen LogP contribution in [0.25, 0.3) is 0 Å². The largest absolute Gasteiger partial charge is 0.337 e. The maximum atomic E-state index is 12.3. The average molecular weight is 246 g/mol. The predicted molar refractivity (Wildman–Crippen MR) is 73.4 cm³/mol. The Balaban J connectivity index is 2.01. The maximum Gasteiger partial charge on any atom is 0.242 e. The van der Waals surface area contributed by atoms with E-state index in [0.717, 1.165) is 19.5 Å². The van der Waals surface area contributed by atoms with Gasteiger partial charge in [-0.1, -0.05) is 30.3 Å². The van der Waals surface area contributed by atoms with Gasteiger partial charge in [0.15, 0.2) is 0 Å². The number of piperazine rings is 1. The molecule has 1 N–H and O–H groups in total. The van der Waals surface area contributed by atoms with Crippen molar-refractivity contribution in [3.63, 3.8) is 0 Å². The molecule has 1 unspecified atom stereocenters. The van der Waals surface area contributed by atoms with Crippen LogP contribution in [-0.2, 0) is 11.2 Å². The first kappa shape index (κ1) is 13.1. The number of nitrogens with one attached hydrogen (secondary N) is 1. The topological polar surface area (TPSA) is 32.3 Å². The van der Waals surface area contributed by atoms with E-state index in [1.54, 1.807) is 0 Å². The monoisotopic (exact) mass is 246 g/mol. The molecule has 1 heterocycles. The highest BCUT2D eigenvalue weighted by Crippen LogP contribution is 2.17. The summed E-state index contributed by atoms with van der Waals surface area (Å²) in [5, 5.41) is 3.29. The van der Waals surface area contributed by atoms with Gasteiger partial charge in [0.05, 0.1) is 5.54 Å². The van der Waals surface area contributed by atoms with E-state index < -0.39 is 5.54 Å². The molecule has 0 radical (unpaired) electrons. The van der Waals surface area contributed by atoms with E-state index in [2.05, 4.69) is 24.4 Å². The summed E-state index contributed by atoms with van der Waals surface area (Å²) >= 11 is 0. The highest BCUT2D eigenvalue weighted by atomic mass is 16.2. The molecule has 0 aromatic heterocycles. The Kier molecular flexibility index (Phi) is 3.71. The Bertz CT molecular complexity index is 414. The van der Waals surface area contributed by atoms with Gasteiger partial charge in [-0.3, -0.25) is 4.79 Å². The van der Waals surface area contributed by atoms with Gasteiger partial charge in [0, 0.05) is 19.1 Å². The minimum Gasteiger partial charge on any atom is -0.337 e. The van der Waals surface area contributed by atoms with Crippen LogP contribution >= 0.6 is 0 Å². The lowest BCUT2D eigenvalue weighted by atomic mass is 9.97. The van der Waals surface area contributed by atoms with Crippen LogP contribution in [0.1, 0.15) is 26.3 Å². The van der Waals surface area contributed by atoms with Crippen molar-refractivity contribution in [1.82, 2.24) is 10.2 Å². The second-order valence-electron chi connectivity index (χ2n) is 5.59. The van der Waals surface area contributed by atoms with Crippen molar-refractivity contribution >= 4 is 5.91 Å². The standard InChI is InChI=1S/C15H22N2O/c1-12-11-16-15(2,3)14(18)17(12)10-9-13-7-5-4-6-8-13/h4-8,12,16H,9-11H2,1-3H3. The van der Waals surface area contributed by atoms with Crippen LogP contribution in [0.4, 0.5) is 0 Å². The summed E-state index contributed by atoms with van der Waals surface area (Å²) in [6, 6.07) is 10.6. The predicted octanol–water partition coefficient (Wildman–Crippen LogP) is 1.83. The van der Waals surface area contributed by atoms with Crippen molar-refractivity contribution in [3.05, 3.63) is 35.9 Å². The normalized spacial score (nSPS) is 23.2. The number of benzene rings is 1. The molecule has 0 aliphatic carbocycles. The van der Waals surface area contributed by atoms with Gasteiger partial charge in [-0.15, -0.1) is 0 Å². The van der Waals surface area contributed by atoms with Crippen LogP contribution in [0.2, 0.25) is 0 Å². The Hall–Kier alpha value is -1.35. The fourth-order valence-electron chi connectivity index (χ4n) is 2.36. The van der Waals surface area contributed by atoms with Gasteiger partial charge < -0.3 is 10.2 Å². The molecule has 1 aromatic rings. The fourth-order valence-corrected chi connectivity index (χ4v) is 2.36. The molecule has 0 bridgehead atoms. The van der Waals surface area contributed by atoms with Gasteiger partial charge in [0.2, 0.25) is 5.91 Å². The molecule has 18 heavy (non-hydrogen) atoms. The molecule has 3 heteroatoms. The van der Waals surface area contributed by atoms with E-state index in [1.807, 2.05) is 36.9 Å². The SMILES string of the molecule is CC1CNC(C)(C)C(=O)N1CCc1ccccc1. The van der Waals surface area contributed by atoms with Crippen LogP contribution in [0.15, 0.2) is 30.3 Å². The lowest BCUT2D eigenvalue weighted by molar-refractivity contribution is -0.142. The van der Waals surface area contributed by atoms with Crippen LogP contribution in [0, 0.1) is 0 Å². The maximum absolute atomic E-state index is 12.3. The van der Waals surface area contributed by atoms with E-state index >= 15 is 0 Å². The van der Waals surface area contributed by atoms with E-state index in [1.165, 1.54) is 5.56 Å². The Morgan fingerprint density at radius 1 is 1.33 bits per heavy atom. The van der Waals surface area contributed by atoms with Crippen LogP contribution < -0.4 is 5.32 Å². The molecule has 1 amide bonds. The van der Waals surface area contributed by atoms with E-state index in [4.69, 9.17) is 0 Å². The summed E-state index contributed by atoms with van der Waals surface area (Å²) in [7, 11) is 0. The molecular formula is C15H22N2O. The van der Waals surface area contributed by atoms with Crippen LogP contribution in [0.5, 0.6) is 0 Å². The smallest absolute Gasteiger partial charge is 0.242 e. The van der Waals surface area contributed by atoms with Gasteiger partial charge >= 0.3 is 0 Å². The van der Waals surface area contributed by atoms with Crippen molar-refractivity contribution in [2.24, 2.45) is 0 Å². The third kappa shape index (κ3) is 2.72. The molecular weight excluding hydrogens is 224 g/mol. The van der Waals surface area contributed by atoms with Crippen molar-refractivity contribution in [1.29, 1.82) is 0 Å². The molecule has 1 aliphatic rings. The third-order valence-electron chi connectivity index (χ3n) is 3.65. The van der Waals surface area contributed by atoms with Gasteiger partial charge in [-0.2, -0.15) is 0 Å². The lowest BCUT2D eigenvalue weighted by Crippen LogP contribution is -2.64. The van der Waals surface area contributed by atoms with E-state index in [-0.39, 0.29) is 11.9 Å². The van der Waals surface area contributed by atoms with Gasteiger partial charge in [-0.25, -0.2) is 0 Å². The number of nitrogens with zero attached hydrogens (tertiary/aromatic N) is 1. The molecule has 1 aliphatic heterocycles. The van der Waals surface area contributed by atoms with Gasteiger partial charge in [0.25, 0.3) is 0 Å². The summed E-state index contributed by atoms with van der Waals surface area (Å²) in [5.41, 5.74) is 0.859. The Morgan fingerprint density at radius 2 is 2.00 bits per heavy atom. The summed E-state index contributed by atoms with van der Waals surface area (Å²) in [5.74, 6) is 0.206. The average Bonchev–Trinajstić information content (AvgIpc) is 2.36. The quantitative estimate of drug-likeness (QED) is 0.882. The highest BCUT2D eigenvalue weighted by Gasteiger charge is 2.38. The lowest BCUT2D eigenvalue weighted by Gasteiger charge is -2.42. The second kappa shape index (κ2) is 5.11. The number of carbonyl (C=O) groups excluding carboxylic acids is 1. The molecule has 1 aromatic carbocycles. The minimum atomic E-state index is -0.427. The fraction of sp³-hybridized carbons (Fsp3) is 0.533. The number of carbonyl (C=O) groups is 1. The zero-order valence-electron chi connectivity index (χ0n) is 11.4. The van der Waals surface area contributed by atoms with Crippen LogP contribution in [-0.4, -0.2) is 35.5 Å². The Labute approximate surface area is 109 Å². The molecule has 0 saturated carbocycles. The summed E-state index contributed by atoms with van der Waals surface area (Å²) < 4.78 is 0. The Morgan fingerprint density at radius 3 is 2.67 bits per heavy atom. The molecule has 1 fully saturated rings. The number of rotatable bonds is 3. The van der Waals surface area contributed by atoms with E-state index in [0.29, 0.717) is 0 Å². The summed E-state index contributed by atoms with van der Waals surface area (Å²) in [6.07, 6.45) is 0.924.